The number of fused-ring (bicyclic) bond motifs is 1. The molecule has 1 saturated heterocycles. The first-order chi connectivity index (χ1) is 13.1. The molecule has 1 aliphatic rings. The molecule has 7 heteroatoms. The van der Waals surface area contributed by atoms with Gasteiger partial charge in [-0.2, -0.15) is 4.31 Å². The van der Waals surface area contributed by atoms with E-state index in [0.717, 1.165) is 10.8 Å². The quantitative estimate of drug-likeness (QED) is 0.753. The Labute approximate surface area is 157 Å². The highest BCUT2D eigenvalue weighted by Crippen LogP contribution is 2.28. The minimum Gasteiger partial charge on any atom is -0.325 e. The van der Waals surface area contributed by atoms with Gasteiger partial charge in [0, 0.05) is 24.6 Å². The number of aromatic nitrogens is 1. The first kappa shape index (κ1) is 17.6. The fourth-order valence-electron chi connectivity index (χ4n) is 3.41. The van der Waals surface area contributed by atoms with Crippen LogP contribution in [-0.4, -0.2) is 36.2 Å². The van der Waals surface area contributed by atoms with Gasteiger partial charge < -0.3 is 5.32 Å². The summed E-state index contributed by atoms with van der Waals surface area (Å²) in [6.45, 7) is 0.337. The molecule has 3 aromatic rings. The van der Waals surface area contributed by atoms with E-state index in [1.807, 2.05) is 24.3 Å². The summed E-state index contributed by atoms with van der Waals surface area (Å²) >= 11 is 0. The zero-order valence-electron chi connectivity index (χ0n) is 14.6. The van der Waals surface area contributed by atoms with Crippen LogP contribution in [0.2, 0.25) is 0 Å². The Morgan fingerprint density at radius 3 is 2.56 bits per heavy atom. The van der Waals surface area contributed by atoms with Crippen molar-refractivity contribution < 1.29 is 13.2 Å². The van der Waals surface area contributed by atoms with Gasteiger partial charge in [0.05, 0.1) is 4.90 Å². The van der Waals surface area contributed by atoms with Crippen LogP contribution in [0.1, 0.15) is 12.8 Å². The number of anilines is 1. The molecule has 0 saturated carbocycles. The number of benzene rings is 2. The summed E-state index contributed by atoms with van der Waals surface area (Å²) in [4.78, 5) is 16.8. The van der Waals surface area contributed by atoms with Gasteiger partial charge in [-0.15, -0.1) is 0 Å². The molecule has 0 bridgehead atoms. The van der Waals surface area contributed by atoms with Crippen LogP contribution >= 0.6 is 0 Å². The summed E-state index contributed by atoms with van der Waals surface area (Å²) in [6.07, 6.45) is 4.31. The van der Waals surface area contributed by atoms with E-state index in [2.05, 4.69) is 10.3 Å². The maximum Gasteiger partial charge on any atom is 0.243 e. The van der Waals surface area contributed by atoms with Gasteiger partial charge in [-0.25, -0.2) is 8.42 Å². The highest BCUT2D eigenvalue weighted by molar-refractivity contribution is 7.89. The Bertz CT molecular complexity index is 1080. The van der Waals surface area contributed by atoms with Gasteiger partial charge in [-0.1, -0.05) is 30.3 Å². The third-order valence-corrected chi connectivity index (χ3v) is 6.69. The first-order valence-corrected chi connectivity index (χ1v) is 10.2. The topological polar surface area (TPSA) is 79.4 Å². The molecule has 2 aromatic carbocycles. The van der Waals surface area contributed by atoms with Crippen molar-refractivity contribution in [1.82, 2.24) is 9.29 Å². The van der Waals surface area contributed by atoms with Crippen LogP contribution in [0.5, 0.6) is 0 Å². The lowest BCUT2D eigenvalue weighted by atomic mass is 10.1. The summed E-state index contributed by atoms with van der Waals surface area (Å²) in [7, 11) is -3.76. The molecule has 138 valence electrons. The molecule has 1 aliphatic heterocycles. The number of hydrogen-bond acceptors (Lipinski definition) is 4. The maximum atomic E-state index is 13.2. The van der Waals surface area contributed by atoms with Gasteiger partial charge in [0.2, 0.25) is 15.9 Å². The molecule has 27 heavy (non-hydrogen) atoms. The number of amides is 1. The van der Waals surface area contributed by atoms with Gasteiger partial charge in [-0.3, -0.25) is 9.78 Å². The van der Waals surface area contributed by atoms with Crippen LogP contribution in [0.25, 0.3) is 10.8 Å². The van der Waals surface area contributed by atoms with Crippen molar-refractivity contribution in [3.05, 3.63) is 67.0 Å². The van der Waals surface area contributed by atoms with E-state index >= 15 is 0 Å². The zero-order chi connectivity index (χ0) is 18.9. The zero-order valence-corrected chi connectivity index (χ0v) is 15.4. The van der Waals surface area contributed by atoms with E-state index in [1.165, 1.54) is 4.31 Å². The Morgan fingerprint density at radius 2 is 1.78 bits per heavy atom. The highest BCUT2D eigenvalue weighted by atomic mass is 32.2. The van der Waals surface area contributed by atoms with Crippen LogP contribution in [0.3, 0.4) is 0 Å². The summed E-state index contributed by atoms with van der Waals surface area (Å²) < 4.78 is 27.7. The molecule has 1 amide bonds. The number of sulfonamides is 1. The van der Waals surface area contributed by atoms with Gasteiger partial charge in [0.1, 0.15) is 6.04 Å². The van der Waals surface area contributed by atoms with Crippen molar-refractivity contribution >= 4 is 32.4 Å². The van der Waals surface area contributed by atoms with E-state index in [0.29, 0.717) is 25.1 Å². The van der Waals surface area contributed by atoms with Crippen LogP contribution < -0.4 is 5.32 Å². The average molecular weight is 381 g/mol. The number of rotatable bonds is 4. The molecule has 6 nitrogen and oxygen atoms in total. The normalized spacial score (nSPS) is 17.9. The Morgan fingerprint density at radius 1 is 1.04 bits per heavy atom. The maximum absolute atomic E-state index is 13.2. The smallest absolute Gasteiger partial charge is 0.243 e. The number of nitrogens with zero attached hydrogens (tertiary/aromatic N) is 2. The lowest BCUT2D eigenvalue weighted by Crippen LogP contribution is -2.43. The van der Waals surface area contributed by atoms with Gasteiger partial charge in [0.25, 0.3) is 0 Å². The summed E-state index contributed by atoms with van der Waals surface area (Å²) in [5, 5.41) is 4.62. The highest BCUT2D eigenvalue weighted by Gasteiger charge is 2.39. The number of carbonyl (C=O) groups excluding carboxylic acids is 1. The molecule has 1 fully saturated rings. The van der Waals surface area contributed by atoms with Crippen molar-refractivity contribution in [2.45, 2.75) is 23.8 Å². The van der Waals surface area contributed by atoms with E-state index < -0.39 is 16.1 Å². The standard InChI is InChI=1S/C20H19N3O3S/c24-20(22-17-9-11-21-12-10-17)19-6-3-13-23(19)27(25,26)18-8-7-15-4-1-2-5-16(15)14-18/h1-2,4-5,7-12,14,19H,3,6,13H2,(H,21,22,24)/t19-/m0/s1. The van der Waals surface area contributed by atoms with Crippen LogP contribution in [-0.2, 0) is 14.8 Å². The third kappa shape index (κ3) is 3.43. The van der Waals surface area contributed by atoms with E-state index in [4.69, 9.17) is 0 Å². The molecular formula is C20H19N3O3S. The number of pyridine rings is 1. The van der Waals surface area contributed by atoms with Gasteiger partial charge >= 0.3 is 0 Å². The number of hydrogen-bond donors (Lipinski definition) is 1. The number of carbonyl (C=O) groups is 1. The van der Waals surface area contributed by atoms with E-state index in [1.54, 1.807) is 42.7 Å². The minimum absolute atomic E-state index is 0.213. The average Bonchev–Trinajstić information content (AvgIpc) is 3.19. The fourth-order valence-corrected chi connectivity index (χ4v) is 5.11. The van der Waals surface area contributed by atoms with Gasteiger partial charge in [0.15, 0.2) is 0 Å². The Kier molecular flexibility index (Phi) is 4.63. The van der Waals surface area contributed by atoms with Crippen molar-refractivity contribution in [2.75, 3.05) is 11.9 Å². The Hall–Kier alpha value is -2.77. The predicted octanol–water partition coefficient (Wildman–Crippen LogP) is 3.03. The van der Waals surface area contributed by atoms with Crippen LogP contribution in [0.4, 0.5) is 5.69 Å². The van der Waals surface area contributed by atoms with E-state index in [-0.39, 0.29) is 10.8 Å². The monoisotopic (exact) mass is 381 g/mol. The first-order valence-electron chi connectivity index (χ1n) is 8.77. The second-order valence-electron chi connectivity index (χ2n) is 6.51. The second-order valence-corrected chi connectivity index (χ2v) is 8.40. The summed E-state index contributed by atoms with van der Waals surface area (Å²) in [5.41, 5.74) is 0.602. The van der Waals surface area contributed by atoms with Crippen molar-refractivity contribution in [2.24, 2.45) is 0 Å². The van der Waals surface area contributed by atoms with Crippen molar-refractivity contribution in [3.63, 3.8) is 0 Å². The fraction of sp³-hybridized carbons (Fsp3) is 0.200. The molecular weight excluding hydrogens is 362 g/mol. The second kappa shape index (κ2) is 7.09. The predicted molar refractivity (Wildman–Crippen MR) is 104 cm³/mol. The third-order valence-electron chi connectivity index (χ3n) is 4.78. The lowest BCUT2D eigenvalue weighted by molar-refractivity contribution is -0.119. The van der Waals surface area contributed by atoms with Gasteiger partial charge in [-0.05, 0) is 47.9 Å². The summed E-state index contributed by atoms with van der Waals surface area (Å²) in [5.74, 6) is -0.317. The molecule has 2 heterocycles. The number of nitrogens with one attached hydrogen (secondary N) is 1. The van der Waals surface area contributed by atoms with Crippen LogP contribution in [0, 0.1) is 0 Å². The molecule has 0 radical (unpaired) electrons. The van der Waals surface area contributed by atoms with Crippen molar-refractivity contribution in [3.8, 4) is 0 Å². The molecule has 0 unspecified atom stereocenters. The van der Waals surface area contributed by atoms with Crippen molar-refractivity contribution in [1.29, 1.82) is 0 Å². The molecule has 0 aliphatic carbocycles. The minimum atomic E-state index is -3.76. The molecule has 1 atom stereocenters. The molecule has 4 rings (SSSR count). The molecule has 1 aromatic heterocycles. The Balaban J connectivity index is 1.62. The van der Waals surface area contributed by atoms with E-state index in [9.17, 15) is 13.2 Å². The largest absolute Gasteiger partial charge is 0.325 e. The summed E-state index contributed by atoms with van der Waals surface area (Å²) in [6, 6.07) is 15.3. The molecule has 0 spiro atoms. The van der Waals surface area contributed by atoms with Crippen LogP contribution in [0.15, 0.2) is 71.9 Å². The SMILES string of the molecule is O=C(Nc1ccncc1)[C@@H]1CCCN1S(=O)(=O)c1ccc2ccccc2c1. The lowest BCUT2D eigenvalue weighted by Gasteiger charge is -2.23. The molecule has 1 N–H and O–H groups in total.